The summed E-state index contributed by atoms with van der Waals surface area (Å²) in [5, 5.41) is 7.97. The van der Waals surface area contributed by atoms with Crippen LogP contribution in [0.1, 0.15) is 46.4 Å². The molecule has 1 amide bonds. The van der Waals surface area contributed by atoms with E-state index < -0.39 is 24.0 Å². The minimum atomic E-state index is -1.06. The van der Waals surface area contributed by atoms with Gasteiger partial charge in [0.25, 0.3) is 0 Å². The maximum absolute atomic E-state index is 14.5. The molecule has 142 valence electrons. The molecule has 10 heteroatoms. The van der Waals surface area contributed by atoms with E-state index in [0.29, 0.717) is 25.4 Å². The van der Waals surface area contributed by atoms with Crippen molar-refractivity contribution in [2.24, 2.45) is 0 Å². The van der Waals surface area contributed by atoms with Crippen molar-refractivity contribution in [2.75, 3.05) is 19.7 Å². The van der Waals surface area contributed by atoms with Crippen molar-refractivity contribution < 1.29 is 23.2 Å². The van der Waals surface area contributed by atoms with Gasteiger partial charge in [0.1, 0.15) is 11.4 Å². The van der Waals surface area contributed by atoms with Crippen molar-refractivity contribution in [3.8, 4) is 0 Å². The summed E-state index contributed by atoms with van der Waals surface area (Å²) >= 11 is 0. The second kappa shape index (κ2) is 6.66. The van der Waals surface area contributed by atoms with Gasteiger partial charge < -0.3 is 18.9 Å². The second-order valence-electron chi connectivity index (χ2n) is 7.50. The fraction of sp³-hybridized carbons (Fsp3) is 0.688. The molecule has 0 N–H and O–H groups in total. The van der Waals surface area contributed by atoms with E-state index in [1.54, 1.807) is 22.7 Å². The zero-order chi connectivity index (χ0) is 19.1. The minimum Gasteiger partial charge on any atom is -0.450 e. The van der Waals surface area contributed by atoms with Crippen LogP contribution in [0.2, 0.25) is 0 Å². The summed E-state index contributed by atoms with van der Waals surface area (Å²) < 4.78 is 32.4. The standard InChI is InChI=1S/C16H24BFN4O4/c1-6-24-14(23)21-9-12(10-21)22-8-11(19-20-22)7-13(18)17-25-15(2,3)16(4,5)26-17/h7-8,12H,6,9-10H2,1-5H3. The van der Waals surface area contributed by atoms with Gasteiger partial charge >= 0.3 is 13.2 Å². The van der Waals surface area contributed by atoms with E-state index >= 15 is 0 Å². The van der Waals surface area contributed by atoms with Crippen LogP contribution in [0.4, 0.5) is 9.18 Å². The van der Waals surface area contributed by atoms with Crippen LogP contribution in [0.5, 0.6) is 0 Å². The van der Waals surface area contributed by atoms with Gasteiger partial charge in [-0.05, 0) is 40.7 Å². The van der Waals surface area contributed by atoms with E-state index in [1.165, 1.54) is 6.08 Å². The molecule has 2 saturated heterocycles. The number of halogens is 1. The number of aromatic nitrogens is 3. The van der Waals surface area contributed by atoms with E-state index in [0.717, 1.165) is 0 Å². The molecule has 3 heterocycles. The van der Waals surface area contributed by atoms with Crippen LogP contribution in [0.3, 0.4) is 0 Å². The number of hydrogen-bond acceptors (Lipinski definition) is 6. The lowest BCUT2D eigenvalue weighted by atomic mass is 9.87. The number of carbonyl (C=O) groups excluding carboxylic acids is 1. The van der Waals surface area contributed by atoms with Crippen molar-refractivity contribution in [2.45, 2.75) is 51.9 Å². The predicted molar refractivity (Wildman–Crippen MR) is 92.8 cm³/mol. The molecule has 0 saturated carbocycles. The molecule has 0 atom stereocenters. The highest BCUT2D eigenvalue weighted by molar-refractivity contribution is 6.54. The Kier molecular flexibility index (Phi) is 4.83. The number of carbonyl (C=O) groups is 1. The Hall–Kier alpha value is -1.94. The first-order valence-electron chi connectivity index (χ1n) is 8.69. The highest BCUT2D eigenvalue weighted by Crippen LogP contribution is 2.39. The zero-order valence-electron chi connectivity index (χ0n) is 15.7. The highest BCUT2D eigenvalue weighted by Gasteiger charge is 2.53. The van der Waals surface area contributed by atoms with E-state index in [9.17, 15) is 9.18 Å². The van der Waals surface area contributed by atoms with Gasteiger partial charge in [0, 0.05) is 13.1 Å². The van der Waals surface area contributed by atoms with Crippen molar-refractivity contribution >= 4 is 19.3 Å². The quantitative estimate of drug-likeness (QED) is 0.761. The molecule has 0 aliphatic carbocycles. The summed E-state index contributed by atoms with van der Waals surface area (Å²) in [6, 6.07) is 0.00830. The number of amides is 1. The Bertz CT molecular complexity index is 699. The van der Waals surface area contributed by atoms with E-state index in [-0.39, 0.29) is 12.1 Å². The summed E-state index contributed by atoms with van der Waals surface area (Å²) in [6.45, 7) is 10.5. The van der Waals surface area contributed by atoms with Gasteiger partial charge in [-0.25, -0.2) is 13.9 Å². The monoisotopic (exact) mass is 366 g/mol. The molecular weight excluding hydrogens is 342 g/mol. The first-order chi connectivity index (χ1) is 12.1. The molecule has 2 aliphatic heterocycles. The number of hydrogen-bond donors (Lipinski definition) is 0. The van der Waals surface area contributed by atoms with Crippen molar-refractivity contribution in [3.05, 3.63) is 17.6 Å². The second-order valence-corrected chi connectivity index (χ2v) is 7.50. The average molecular weight is 366 g/mol. The fourth-order valence-electron chi connectivity index (χ4n) is 2.69. The fourth-order valence-corrected chi connectivity index (χ4v) is 2.69. The van der Waals surface area contributed by atoms with Crippen LogP contribution < -0.4 is 0 Å². The molecule has 26 heavy (non-hydrogen) atoms. The third kappa shape index (κ3) is 3.48. The van der Waals surface area contributed by atoms with Gasteiger partial charge in [-0.1, -0.05) is 5.21 Å². The number of nitrogens with zero attached hydrogens (tertiary/aromatic N) is 4. The average Bonchev–Trinajstić information content (AvgIpc) is 3.00. The number of rotatable bonds is 4. The molecule has 0 aromatic carbocycles. The van der Waals surface area contributed by atoms with Crippen LogP contribution in [0, 0.1) is 0 Å². The third-order valence-corrected chi connectivity index (χ3v) is 5.05. The lowest BCUT2D eigenvalue weighted by molar-refractivity contribution is 0.00578. The molecule has 0 spiro atoms. The Morgan fingerprint density at radius 3 is 2.58 bits per heavy atom. The molecular formula is C16H24BFN4O4. The molecule has 1 aromatic heterocycles. The minimum absolute atomic E-state index is 0.00830. The lowest BCUT2D eigenvalue weighted by Gasteiger charge is -2.37. The summed E-state index contributed by atoms with van der Waals surface area (Å²) in [7, 11) is -1.06. The smallest absolute Gasteiger partial charge is 0.450 e. The van der Waals surface area contributed by atoms with E-state index in [2.05, 4.69) is 10.3 Å². The topological polar surface area (TPSA) is 78.7 Å². The molecule has 0 unspecified atom stereocenters. The van der Waals surface area contributed by atoms with Gasteiger partial charge in [0.15, 0.2) is 0 Å². The molecule has 8 nitrogen and oxygen atoms in total. The van der Waals surface area contributed by atoms with Crippen LogP contribution in [0.15, 0.2) is 11.9 Å². The lowest BCUT2D eigenvalue weighted by Crippen LogP contribution is -2.51. The zero-order valence-corrected chi connectivity index (χ0v) is 15.7. The number of ether oxygens (including phenoxy) is 1. The van der Waals surface area contributed by atoms with Crippen molar-refractivity contribution in [1.29, 1.82) is 0 Å². The summed E-state index contributed by atoms with van der Waals surface area (Å²) in [6.07, 6.45) is 2.56. The summed E-state index contributed by atoms with van der Waals surface area (Å²) in [5.41, 5.74) is -1.41. The van der Waals surface area contributed by atoms with Crippen molar-refractivity contribution in [3.63, 3.8) is 0 Å². The maximum Gasteiger partial charge on any atom is 0.525 e. The molecule has 0 bridgehead atoms. The largest absolute Gasteiger partial charge is 0.525 e. The van der Waals surface area contributed by atoms with Crippen LogP contribution in [-0.2, 0) is 14.0 Å². The Morgan fingerprint density at radius 2 is 2.00 bits per heavy atom. The van der Waals surface area contributed by atoms with E-state index in [4.69, 9.17) is 14.0 Å². The van der Waals surface area contributed by atoms with E-state index in [1.807, 2.05) is 27.7 Å². The van der Waals surface area contributed by atoms with Crippen LogP contribution in [0.25, 0.3) is 6.08 Å². The molecule has 2 fully saturated rings. The molecule has 2 aliphatic rings. The van der Waals surface area contributed by atoms with Gasteiger partial charge in [0.05, 0.1) is 30.0 Å². The van der Waals surface area contributed by atoms with Crippen LogP contribution in [-0.4, -0.2) is 64.0 Å². The number of likely N-dealkylation sites (tertiary alicyclic amines) is 1. The molecule has 0 radical (unpaired) electrons. The van der Waals surface area contributed by atoms with Gasteiger partial charge in [-0.2, -0.15) is 0 Å². The summed E-state index contributed by atoms with van der Waals surface area (Å²) in [4.78, 5) is 13.2. The first kappa shape index (κ1) is 18.8. The highest BCUT2D eigenvalue weighted by atomic mass is 19.1. The summed E-state index contributed by atoms with van der Waals surface area (Å²) in [5.74, 6) is 0. The third-order valence-electron chi connectivity index (χ3n) is 5.05. The Labute approximate surface area is 152 Å². The first-order valence-corrected chi connectivity index (χ1v) is 8.69. The predicted octanol–water partition coefficient (Wildman–Crippen LogP) is 2.23. The molecule has 3 rings (SSSR count). The van der Waals surface area contributed by atoms with Gasteiger partial charge in [0.2, 0.25) is 0 Å². The van der Waals surface area contributed by atoms with Crippen molar-refractivity contribution in [1.82, 2.24) is 19.9 Å². The SMILES string of the molecule is CCOC(=O)N1CC(n2cc(C=C(F)B3OC(C)(C)C(C)(C)O3)nn2)C1. The van der Waals surface area contributed by atoms with Gasteiger partial charge in [-0.15, -0.1) is 5.10 Å². The molecule has 1 aromatic rings. The Morgan fingerprint density at radius 1 is 1.38 bits per heavy atom. The van der Waals surface area contributed by atoms with Gasteiger partial charge in [-0.3, -0.25) is 0 Å². The normalized spacial score (nSPS) is 22.5. The maximum atomic E-state index is 14.5. The Balaban J connectivity index is 1.61. The van der Waals surface area contributed by atoms with Crippen LogP contribution >= 0.6 is 0 Å².